The zero-order valence-corrected chi connectivity index (χ0v) is 12.7. The lowest BCUT2D eigenvalue weighted by molar-refractivity contribution is -0.119. The molecule has 104 valence electrons. The molecule has 2 aromatic rings. The molecule has 1 amide bonds. The second kappa shape index (κ2) is 7.36. The van der Waals surface area contributed by atoms with Gasteiger partial charge in [-0.15, -0.1) is 11.8 Å². The maximum absolute atomic E-state index is 11.9. The minimum Gasteiger partial charge on any atom is -0.349 e. The Labute approximate surface area is 128 Å². The number of nitrogens with one attached hydrogen (secondary N) is 1. The van der Waals surface area contributed by atoms with Crippen LogP contribution in [-0.4, -0.2) is 11.7 Å². The number of hydrogen-bond donors (Lipinski definition) is 1. The Hall–Kier alpha value is -1.45. The normalized spacial score (nSPS) is 11.9. The van der Waals surface area contributed by atoms with Crippen LogP contribution in [0.1, 0.15) is 18.5 Å². The lowest BCUT2D eigenvalue weighted by Gasteiger charge is -2.14. The van der Waals surface area contributed by atoms with Gasteiger partial charge in [-0.1, -0.05) is 54.1 Å². The smallest absolute Gasteiger partial charge is 0.230 e. The third-order valence-electron chi connectivity index (χ3n) is 2.87. The number of halogens is 1. The molecule has 0 aliphatic heterocycles. The van der Waals surface area contributed by atoms with Crippen molar-refractivity contribution in [2.75, 3.05) is 5.75 Å². The van der Waals surface area contributed by atoms with Crippen molar-refractivity contribution in [1.82, 2.24) is 5.32 Å². The van der Waals surface area contributed by atoms with Crippen molar-refractivity contribution < 1.29 is 4.79 Å². The van der Waals surface area contributed by atoms with Crippen molar-refractivity contribution in [3.63, 3.8) is 0 Å². The topological polar surface area (TPSA) is 29.1 Å². The van der Waals surface area contributed by atoms with Crippen molar-refractivity contribution in [2.24, 2.45) is 0 Å². The standard InChI is InChI=1S/C16H16ClNOS/c1-12(13-7-3-2-4-8-13)18-16(19)11-20-15-10-6-5-9-14(15)17/h2-10,12H,11H2,1H3,(H,18,19). The highest BCUT2D eigenvalue weighted by Gasteiger charge is 2.10. The van der Waals surface area contributed by atoms with E-state index in [1.54, 1.807) is 0 Å². The van der Waals surface area contributed by atoms with Crippen LogP contribution in [0, 0.1) is 0 Å². The number of thioether (sulfide) groups is 1. The molecule has 1 atom stereocenters. The highest BCUT2D eigenvalue weighted by atomic mass is 35.5. The summed E-state index contributed by atoms with van der Waals surface area (Å²) in [6.45, 7) is 1.98. The van der Waals surface area contributed by atoms with E-state index in [0.29, 0.717) is 10.8 Å². The zero-order chi connectivity index (χ0) is 14.4. The molecule has 0 saturated heterocycles. The minimum atomic E-state index is 0.00581. The Morgan fingerprint density at radius 1 is 1.15 bits per heavy atom. The molecule has 1 unspecified atom stereocenters. The van der Waals surface area contributed by atoms with E-state index in [0.717, 1.165) is 10.5 Å². The van der Waals surface area contributed by atoms with Gasteiger partial charge in [0.05, 0.1) is 16.8 Å². The van der Waals surface area contributed by atoms with Gasteiger partial charge in [-0.3, -0.25) is 4.79 Å². The third kappa shape index (κ3) is 4.29. The maximum atomic E-state index is 11.9. The van der Waals surface area contributed by atoms with E-state index >= 15 is 0 Å². The number of rotatable bonds is 5. The molecule has 1 N–H and O–H groups in total. The number of carbonyl (C=O) groups is 1. The molecule has 0 aliphatic carbocycles. The quantitative estimate of drug-likeness (QED) is 0.834. The molecule has 0 bridgehead atoms. The monoisotopic (exact) mass is 305 g/mol. The summed E-state index contributed by atoms with van der Waals surface area (Å²) in [6, 6.07) is 17.5. The first-order chi connectivity index (χ1) is 9.66. The summed E-state index contributed by atoms with van der Waals surface area (Å²) in [5.41, 5.74) is 1.10. The fourth-order valence-electron chi connectivity index (χ4n) is 1.81. The van der Waals surface area contributed by atoms with Gasteiger partial charge < -0.3 is 5.32 Å². The summed E-state index contributed by atoms with van der Waals surface area (Å²) in [4.78, 5) is 12.9. The van der Waals surface area contributed by atoms with Gasteiger partial charge >= 0.3 is 0 Å². The summed E-state index contributed by atoms with van der Waals surface area (Å²) < 4.78 is 0. The Kier molecular flexibility index (Phi) is 5.50. The average molecular weight is 306 g/mol. The van der Waals surface area contributed by atoms with Crippen LogP contribution in [0.4, 0.5) is 0 Å². The lowest BCUT2D eigenvalue weighted by Crippen LogP contribution is -2.28. The summed E-state index contributed by atoms with van der Waals surface area (Å²) in [5, 5.41) is 3.66. The summed E-state index contributed by atoms with van der Waals surface area (Å²) in [5.74, 6) is 0.368. The van der Waals surface area contributed by atoms with E-state index in [9.17, 15) is 4.79 Å². The van der Waals surface area contributed by atoms with E-state index in [1.165, 1.54) is 11.8 Å². The van der Waals surface area contributed by atoms with Gasteiger partial charge in [0.15, 0.2) is 0 Å². The van der Waals surface area contributed by atoms with Crippen LogP contribution in [0.25, 0.3) is 0 Å². The van der Waals surface area contributed by atoms with Crippen LogP contribution in [0.5, 0.6) is 0 Å². The van der Waals surface area contributed by atoms with Gasteiger partial charge in [-0.2, -0.15) is 0 Å². The molecule has 20 heavy (non-hydrogen) atoms. The highest BCUT2D eigenvalue weighted by Crippen LogP contribution is 2.26. The molecule has 2 aromatic carbocycles. The van der Waals surface area contributed by atoms with Gasteiger partial charge in [0, 0.05) is 4.90 Å². The van der Waals surface area contributed by atoms with Crippen molar-refractivity contribution in [3.05, 3.63) is 65.2 Å². The summed E-state index contributed by atoms with van der Waals surface area (Å²) >= 11 is 7.51. The molecule has 0 spiro atoms. The first kappa shape index (κ1) is 14.9. The van der Waals surface area contributed by atoms with Crippen molar-refractivity contribution in [1.29, 1.82) is 0 Å². The predicted molar refractivity (Wildman–Crippen MR) is 85.2 cm³/mol. The van der Waals surface area contributed by atoms with Crippen LogP contribution in [0.15, 0.2) is 59.5 Å². The number of hydrogen-bond acceptors (Lipinski definition) is 2. The first-order valence-electron chi connectivity index (χ1n) is 6.38. The molecule has 0 heterocycles. The number of amides is 1. The molecule has 0 saturated carbocycles. The Balaban J connectivity index is 1.86. The molecule has 0 aromatic heterocycles. The summed E-state index contributed by atoms with van der Waals surface area (Å²) in [6.07, 6.45) is 0. The van der Waals surface area contributed by atoms with Crippen LogP contribution < -0.4 is 5.32 Å². The van der Waals surface area contributed by atoms with E-state index in [4.69, 9.17) is 11.6 Å². The van der Waals surface area contributed by atoms with Gasteiger partial charge in [0.25, 0.3) is 0 Å². The van der Waals surface area contributed by atoms with Gasteiger partial charge in [-0.05, 0) is 24.6 Å². The third-order valence-corrected chi connectivity index (χ3v) is 4.39. The fourth-order valence-corrected chi connectivity index (χ4v) is 2.86. The molecule has 0 radical (unpaired) electrons. The molecule has 0 fully saturated rings. The van der Waals surface area contributed by atoms with E-state index in [-0.39, 0.29) is 11.9 Å². The summed E-state index contributed by atoms with van der Waals surface area (Å²) in [7, 11) is 0. The molecule has 0 aliphatic rings. The molecule has 4 heteroatoms. The zero-order valence-electron chi connectivity index (χ0n) is 11.2. The highest BCUT2D eigenvalue weighted by molar-refractivity contribution is 8.00. The molecular formula is C16H16ClNOS. The Morgan fingerprint density at radius 2 is 1.80 bits per heavy atom. The second-order valence-electron chi connectivity index (χ2n) is 4.42. The van der Waals surface area contributed by atoms with Crippen molar-refractivity contribution in [3.8, 4) is 0 Å². The van der Waals surface area contributed by atoms with Crippen LogP contribution in [0.2, 0.25) is 5.02 Å². The lowest BCUT2D eigenvalue weighted by atomic mass is 10.1. The Morgan fingerprint density at radius 3 is 2.50 bits per heavy atom. The number of benzene rings is 2. The first-order valence-corrected chi connectivity index (χ1v) is 7.75. The van der Waals surface area contributed by atoms with Crippen LogP contribution >= 0.6 is 23.4 Å². The second-order valence-corrected chi connectivity index (χ2v) is 5.84. The van der Waals surface area contributed by atoms with Gasteiger partial charge in [0.2, 0.25) is 5.91 Å². The predicted octanol–water partition coefficient (Wildman–Crippen LogP) is 4.31. The van der Waals surface area contributed by atoms with Crippen LogP contribution in [0.3, 0.4) is 0 Å². The largest absolute Gasteiger partial charge is 0.349 e. The minimum absolute atomic E-state index is 0.00581. The molecule has 2 nitrogen and oxygen atoms in total. The molecule has 2 rings (SSSR count). The van der Waals surface area contributed by atoms with Crippen molar-refractivity contribution >= 4 is 29.3 Å². The number of carbonyl (C=O) groups excluding carboxylic acids is 1. The Bertz CT molecular complexity index is 574. The van der Waals surface area contributed by atoms with Gasteiger partial charge in [-0.25, -0.2) is 0 Å². The SMILES string of the molecule is CC(NC(=O)CSc1ccccc1Cl)c1ccccc1. The average Bonchev–Trinajstić information content (AvgIpc) is 2.47. The van der Waals surface area contributed by atoms with Crippen LogP contribution in [-0.2, 0) is 4.79 Å². The van der Waals surface area contributed by atoms with E-state index in [1.807, 2.05) is 61.5 Å². The van der Waals surface area contributed by atoms with Gasteiger partial charge in [0.1, 0.15) is 0 Å². The van der Waals surface area contributed by atoms with E-state index in [2.05, 4.69) is 5.32 Å². The van der Waals surface area contributed by atoms with E-state index < -0.39 is 0 Å². The van der Waals surface area contributed by atoms with Crippen molar-refractivity contribution in [2.45, 2.75) is 17.9 Å². The maximum Gasteiger partial charge on any atom is 0.230 e. The fraction of sp³-hybridized carbons (Fsp3) is 0.188. The molecular weight excluding hydrogens is 290 g/mol.